The number of aliphatic hydroxyl groups is 1. The zero-order valence-corrected chi connectivity index (χ0v) is 25.7. The number of aldehydes is 2. The maximum Gasteiger partial charge on any atom is 0.433 e. The van der Waals surface area contributed by atoms with Crippen molar-refractivity contribution in [2.75, 3.05) is 40.3 Å². The van der Waals surface area contributed by atoms with Crippen molar-refractivity contribution in [2.45, 2.75) is 58.7 Å². The van der Waals surface area contributed by atoms with Crippen LogP contribution in [0, 0.1) is 11.8 Å². The van der Waals surface area contributed by atoms with Crippen LogP contribution in [0.15, 0.2) is 30.5 Å². The van der Waals surface area contributed by atoms with Gasteiger partial charge >= 0.3 is 6.18 Å². The van der Waals surface area contributed by atoms with Gasteiger partial charge in [0.05, 0.1) is 36.7 Å². The highest BCUT2D eigenvalue weighted by molar-refractivity contribution is 6.33. The van der Waals surface area contributed by atoms with Gasteiger partial charge in [0.25, 0.3) is 0 Å². The fourth-order valence-corrected chi connectivity index (χ4v) is 4.01. The number of nitrogens with two attached hydrogens (primary N) is 1. The van der Waals surface area contributed by atoms with Crippen molar-refractivity contribution in [3.8, 4) is 5.75 Å². The molecule has 41 heavy (non-hydrogen) atoms. The molecule has 0 spiro atoms. The zero-order valence-electron chi connectivity index (χ0n) is 24.9. The Balaban J connectivity index is 0. The number of rotatable bonds is 8. The molecule has 234 valence electrons. The highest BCUT2D eigenvalue weighted by Crippen LogP contribution is 2.35. The number of aliphatic hydroxyl groups excluding tert-OH is 1. The Hall–Kier alpha value is -2.73. The van der Waals surface area contributed by atoms with E-state index in [-0.39, 0.29) is 22.9 Å². The lowest BCUT2D eigenvalue weighted by atomic mass is 9.84. The van der Waals surface area contributed by atoms with Gasteiger partial charge < -0.3 is 30.4 Å². The number of nitrogens with one attached hydrogen (secondary N) is 1. The molecule has 1 aliphatic rings. The number of halogens is 4. The third kappa shape index (κ3) is 14.6. The Morgan fingerprint density at radius 3 is 2.15 bits per heavy atom. The highest BCUT2D eigenvalue weighted by Gasteiger charge is 2.34. The van der Waals surface area contributed by atoms with Gasteiger partial charge in [0.15, 0.2) is 0 Å². The molecule has 1 saturated carbocycles. The van der Waals surface area contributed by atoms with E-state index < -0.39 is 17.9 Å². The highest BCUT2D eigenvalue weighted by atomic mass is 35.5. The second kappa shape index (κ2) is 22.9. The Morgan fingerprint density at radius 1 is 1.12 bits per heavy atom. The van der Waals surface area contributed by atoms with Gasteiger partial charge in [-0.05, 0) is 50.1 Å². The summed E-state index contributed by atoms with van der Waals surface area (Å²) in [7, 11) is 5.26. The van der Waals surface area contributed by atoms with Gasteiger partial charge in [-0.3, -0.25) is 4.79 Å². The summed E-state index contributed by atoms with van der Waals surface area (Å²) in [5.41, 5.74) is 4.49. The number of aromatic nitrogens is 1. The van der Waals surface area contributed by atoms with E-state index in [9.17, 15) is 22.8 Å². The van der Waals surface area contributed by atoms with E-state index in [0.29, 0.717) is 23.5 Å². The first-order valence-corrected chi connectivity index (χ1v) is 13.6. The van der Waals surface area contributed by atoms with Crippen molar-refractivity contribution in [1.29, 1.82) is 0 Å². The fourth-order valence-electron chi connectivity index (χ4n) is 3.76. The average molecular weight is 608 g/mol. The van der Waals surface area contributed by atoms with Crippen LogP contribution in [0.25, 0.3) is 0 Å². The summed E-state index contributed by atoms with van der Waals surface area (Å²) in [6.45, 7) is 6.31. The van der Waals surface area contributed by atoms with Gasteiger partial charge in [0.1, 0.15) is 24.0 Å². The predicted octanol–water partition coefficient (Wildman–Crippen LogP) is 6.60. The van der Waals surface area contributed by atoms with E-state index in [2.05, 4.69) is 23.0 Å². The number of methoxy groups -OCH3 is 2. The summed E-state index contributed by atoms with van der Waals surface area (Å²) >= 11 is 6.13. The Kier molecular flexibility index (Phi) is 22.6. The summed E-state index contributed by atoms with van der Waals surface area (Å²) < 4.78 is 49.3. The number of nitrogens with zero attached hydrogens (tertiary/aromatic N) is 1. The van der Waals surface area contributed by atoms with E-state index in [0.717, 1.165) is 44.4 Å². The Bertz CT molecular complexity index is 989. The minimum atomic E-state index is -4.60. The molecule has 0 bridgehead atoms. The van der Waals surface area contributed by atoms with Crippen molar-refractivity contribution in [2.24, 2.45) is 17.6 Å². The summed E-state index contributed by atoms with van der Waals surface area (Å²) in [6, 6.07) is 4.76. The van der Waals surface area contributed by atoms with E-state index in [1.165, 1.54) is 46.2 Å². The first-order chi connectivity index (χ1) is 19.6. The second-order valence-electron chi connectivity index (χ2n) is 8.47. The predicted molar refractivity (Wildman–Crippen MR) is 158 cm³/mol. The third-order valence-electron chi connectivity index (χ3n) is 5.83. The number of alkyl halides is 3. The van der Waals surface area contributed by atoms with Gasteiger partial charge in [-0.1, -0.05) is 45.2 Å². The lowest BCUT2D eigenvalue weighted by molar-refractivity contribution is -0.141. The van der Waals surface area contributed by atoms with Crippen molar-refractivity contribution in [1.82, 2.24) is 4.98 Å². The van der Waals surface area contributed by atoms with Crippen LogP contribution in [0.5, 0.6) is 5.75 Å². The van der Waals surface area contributed by atoms with Crippen LogP contribution >= 0.6 is 11.6 Å². The van der Waals surface area contributed by atoms with Gasteiger partial charge in [-0.15, -0.1) is 0 Å². The minimum absolute atomic E-state index is 0.0451. The summed E-state index contributed by atoms with van der Waals surface area (Å²) in [4.78, 5) is 24.5. The van der Waals surface area contributed by atoms with Crippen molar-refractivity contribution < 1.29 is 37.3 Å². The van der Waals surface area contributed by atoms with Gasteiger partial charge in [0.2, 0.25) is 0 Å². The van der Waals surface area contributed by atoms with Gasteiger partial charge in [0, 0.05) is 31.3 Å². The molecular weight excluding hydrogens is 563 g/mol. The maximum absolute atomic E-state index is 13.0. The molecule has 1 heterocycles. The van der Waals surface area contributed by atoms with E-state index in [4.69, 9.17) is 26.2 Å². The Labute approximate surface area is 246 Å². The van der Waals surface area contributed by atoms with E-state index >= 15 is 0 Å². The van der Waals surface area contributed by atoms with Crippen LogP contribution < -0.4 is 15.8 Å². The third-order valence-corrected chi connectivity index (χ3v) is 6.14. The van der Waals surface area contributed by atoms with Crippen LogP contribution in [0.1, 0.15) is 74.1 Å². The maximum atomic E-state index is 13.0. The largest absolute Gasteiger partial charge is 0.495 e. The summed E-state index contributed by atoms with van der Waals surface area (Å²) in [5.74, 6) is 1.43. The first-order valence-electron chi connectivity index (χ1n) is 13.2. The van der Waals surface area contributed by atoms with Crippen molar-refractivity contribution in [3.05, 3.63) is 52.3 Å². The number of carbonyl (C=O) groups is 2. The molecule has 1 aliphatic carbocycles. The van der Waals surface area contributed by atoms with E-state index in [1.54, 1.807) is 6.07 Å². The van der Waals surface area contributed by atoms with Crippen LogP contribution in [0.4, 0.5) is 18.9 Å². The number of benzene rings is 1. The zero-order chi connectivity index (χ0) is 32.0. The molecule has 0 aliphatic heterocycles. The number of ether oxygens (including phenoxy) is 2. The van der Waals surface area contributed by atoms with Crippen LogP contribution in [-0.2, 0) is 15.7 Å². The van der Waals surface area contributed by atoms with Crippen LogP contribution in [0.2, 0.25) is 5.02 Å². The summed E-state index contributed by atoms with van der Waals surface area (Å²) in [5, 5.41) is 10.3. The molecule has 0 saturated heterocycles. The average Bonchev–Trinajstić information content (AvgIpc) is 3.00. The smallest absolute Gasteiger partial charge is 0.433 e. The SMILES string of the molecule is CC.CC1CCC(C=O)CC1.CN.CO.COCC(Nc1ccc(C=O)cc1Cl)c1cc(C(F)(F)F)ncc1OC. The Morgan fingerprint density at radius 2 is 1.71 bits per heavy atom. The standard InChI is InChI=1S/C17H16ClF3N2O3.C8H14O.C2H6.CH5N.CH4O/c1-25-9-14(23-13-4-3-10(8-24)5-12(13)18)11-6-16(17(19,20)21)22-7-15(11)26-2;1-7-2-4-8(6-9)5-3-7;3*1-2/h3-8,14,23H,9H2,1-2H3;6-8H,2-5H2,1H3;1-2H3;2H2,1H3;2H,1H3. The number of pyridine rings is 1. The number of anilines is 1. The van der Waals surface area contributed by atoms with Crippen molar-refractivity contribution in [3.63, 3.8) is 0 Å². The lowest BCUT2D eigenvalue weighted by Gasteiger charge is -2.23. The normalized spacial score (nSPS) is 16.3. The molecule has 1 fully saturated rings. The molecule has 1 aromatic heterocycles. The molecule has 1 unspecified atom stereocenters. The fraction of sp³-hybridized carbons (Fsp3) is 0.552. The lowest BCUT2D eigenvalue weighted by Crippen LogP contribution is -2.19. The molecule has 8 nitrogen and oxygen atoms in total. The van der Waals surface area contributed by atoms with Crippen LogP contribution in [-0.4, -0.2) is 57.6 Å². The molecule has 0 amide bonds. The first kappa shape index (κ1) is 40.4. The quantitative estimate of drug-likeness (QED) is 0.287. The molecular formula is C29H45ClF3N3O5. The van der Waals surface area contributed by atoms with Gasteiger partial charge in [-0.2, -0.15) is 13.2 Å². The van der Waals surface area contributed by atoms with Crippen molar-refractivity contribution >= 4 is 29.9 Å². The number of carbonyl (C=O) groups excluding carboxylic acids is 2. The van der Waals surface area contributed by atoms with Gasteiger partial charge in [-0.25, -0.2) is 4.98 Å². The number of hydrogen-bond donors (Lipinski definition) is 3. The topological polar surface area (TPSA) is 124 Å². The molecule has 1 atom stereocenters. The monoisotopic (exact) mass is 607 g/mol. The molecule has 4 N–H and O–H groups in total. The van der Waals surface area contributed by atoms with E-state index in [1.807, 2.05) is 13.8 Å². The molecule has 2 aromatic rings. The second-order valence-corrected chi connectivity index (χ2v) is 8.88. The molecule has 3 rings (SSSR count). The molecule has 0 radical (unpaired) electrons. The van der Waals surface area contributed by atoms with Crippen LogP contribution in [0.3, 0.4) is 0 Å². The summed E-state index contributed by atoms with van der Waals surface area (Å²) in [6.07, 6.45) is 2.94. The molecule has 12 heteroatoms. The molecule has 1 aromatic carbocycles. The number of hydrogen-bond acceptors (Lipinski definition) is 8. The minimum Gasteiger partial charge on any atom is -0.495 e.